The molecule has 1 aliphatic heterocycles. The van der Waals surface area contributed by atoms with E-state index in [1.54, 1.807) is 36.4 Å². The highest BCUT2D eigenvalue weighted by Crippen LogP contribution is 2.18. The predicted molar refractivity (Wildman–Crippen MR) is 128 cm³/mol. The number of benzene rings is 2. The van der Waals surface area contributed by atoms with Crippen LogP contribution >= 0.6 is 0 Å². The number of nitrogens with zero attached hydrogens (tertiary/aromatic N) is 2. The van der Waals surface area contributed by atoms with Crippen LogP contribution in [-0.4, -0.2) is 70.4 Å². The maximum atomic E-state index is 13.1. The Hall–Kier alpha value is -2.85. The summed E-state index contributed by atoms with van der Waals surface area (Å²) in [7, 11) is -3.82. The van der Waals surface area contributed by atoms with Gasteiger partial charge in [-0.1, -0.05) is 0 Å². The minimum absolute atomic E-state index is 0.0231. The lowest BCUT2D eigenvalue weighted by molar-refractivity contribution is -0.118. The first-order valence-corrected chi connectivity index (χ1v) is 12.6. The van der Waals surface area contributed by atoms with Gasteiger partial charge >= 0.3 is 0 Å². The second kappa shape index (κ2) is 11.3. The van der Waals surface area contributed by atoms with E-state index in [0.717, 1.165) is 31.9 Å². The molecule has 8 nitrogen and oxygen atoms in total. The maximum Gasteiger partial charge on any atom is 0.241 e. The molecular weight excluding hydrogens is 447 g/mol. The minimum atomic E-state index is -3.82. The molecule has 0 aliphatic carbocycles. The largest absolute Gasteiger partial charge is 0.491 e. The molecule has 0 aromatic heterocycles. The normalized spacial score (nSPS) is 14.8. The Labute approximate surface area is 194 Å². The Bertz CT molecular complexity index is 1010. The van der Waals surface area contributed by atoms with E-state index in [-0.39, 0.29) is 11.9 Å². The highest BCUT2D eigenvalue weighted by atomic mass is 32.2. The van der Waals surface area contributed by atoms with Gasteiger partial charge < -0.3 is 15.0 Å². The van der Waals surface area contributed by atoms with E-state index in [0.29, 0.717) is 24.5 Å². The van der Waals surface area contributed by atoms with Crippen molar-refractivity contribution in [3.8, 4) is 5.75 Å². The third-order valence-corrected chi connectivity index (χ3v) is 6.32. The van der Waals surface area contributed by atoms with Crippen molar-refractivity contribution in [1.29, 1.82) is 0 Å². The van der Waals surface area contributed by atoms with Gasteiger partial charge in [-0.3, -0.25) is 14.4 Å². The molecule has 1 fully saturated rings. The standard InChI is InChI=1S/C23H31FN4O4S/c1-18(2)32-22-9-5-20(6-10-22)26-33(30,31)17-23(29)25-11-12-27-13-15-28(16-14-27)21-7-3-19(24)4-8-21/h3-10,18,26H,11-17H2,1-2H3,(H,25,29). The molecule has 0 saturated carbocycles. The molecule has 1 aliphatic rings. The fourth-order valence-corrected chi connectivity index (χ4v) is 4.56. The second-order valence-corrected chi connectivity index (χ2v) is 9.93. The number of sulfonamides is 1. The summed E-state index contributed by atoms with van der Waals surface area (Å²) in [5, 5.41) is 2.68. The molecule has 3 rings (SSSR count). The third kappa shape index (κ3) is 8.21. The van der Waals surface area contributed by atoms with Crippen molar-refractivity contribution in [3.05, 3.63) is 54.3 Å². The Balaban J connectivity index is 1.36. The summed E-state index contributed by atoms with van der Waals surface area (Å²) in [4.78, 5) is 16.5. The summed E-state index contributed by atoms with van der Waals surface area (Å²) in [6.07, 6.45) is 0.0231. The lowest BCUT2D eigenvalue weighted by Crippen LogP contribution is -2.48. The number of carbonyl (C=O) groups excluding carboxylic acids is 1. The molecule has 1 heterocycles. The van der Waals surface area contributed by atoms with Crippen molar-refractivity contribution in [2.75, 3.05) is 54.6 Å². The molecule has 180 valence electrons. The first-order chi connectivity index (χ1) is 15.7. The fraction of sp³-hybridized carbons (Fsp3) is 0.435. The van der Waals surface area contributed by atoms with Crippen LogP contribution in [0.3, 0.4) is 0 Å². The van der Waals surface area contributed by atoms with Crippen LogP contribution in [-0.2, 0) is 14.8 Å². The van der Waals surface area contributed by atoms with E-state index in [1.165, 1.54) is 12.1 Å². The van der Waals surface area contributed by atoms with Crippen LogP contribution in [0.1, 0.15) is 13.8 Å². The van der Waals surface area contributed by atoms with Gasteiger partial charge in [0.05, 0.1) is 6.10 Å². The Morgan fingerprint density at radius 1 is 1.03 bits per heavy atom. The molecule has 0 atom stereocenters. The molecule has 0 bridgehead atoms. The number of hydrogen-bond acceptors (Lipinski definition) is 6. The number of ether oxygens (including phenoxy) is 1. The van der Waals surface area contributed by atoms with Gasteiger partial charge in [0.1, 0.15) is 17.3 Å². The number of halogens is 1. The van der Waals surface area contributed by atoms with E-state index in [9.17, 15) is 17.6 Å². The summed E-state index contributed by atoms with van der Waals surface area (Å²) in [6.45, 7) is 8.04. The van der Waals surface area contributed by atoms with Crippen LogP contribution in [0.15, 0.2) is 48.5 Å². The van der Waals surface area contributed by atoms with Crippen LogP contribution in [0.5, 0.6) is 5.75 Å². The number of piperazine rings is 1. The van der Waals surface area contributed by atoms with Gasteiger partial charge in [-0.2, -0.15) is 0 Å². The van der Waals surface area contributed by atoms with Crippen molar-refractivity contribution < 1.29 is 22.3 Å². The van der Waals surface area contributed by atoms with Crippen molar-refractivity contribution in [2.45, 2.75) is 20.0 Å². The molecule has 2 aromatic rings. The van der Waals surface area contributed by atoms with E-state index in [1.807, 2.05) is 13.8 Å². The average Bonchev–Trinajstić information content (AvgIpc) is 2.75. The van der Waals surface area contributed by atoms with Crippen LogP contribution in [0.4, 0.5) is 15.8 Å². The minimum Gasteiger partial charge on any atom is -0.491 e. The van der Waals surface area contributed by atoms with Crippen molar-refractivity contribution in [2.24, 2.45) is 0 Å². The number of amides is 1. The number of carbonyl (C=O) groups is 1. The van der Waals surface area contributed by atoms with Crippen molar-refractivity contribution >= 4 is 27.3 Å². The van der Waals surface area contributed by atoms with Crippen LogP contribution < -0.4 is 19.7 Å². The quantitative estimate of drug-likeness (QED) is 0.545. The van der Waals surface area contributed by atoms with Gasteiger partial charge in [0.2, 0.25) is 15.9 Å². The van der Waals surface area contributed by atoms with Gasteiger partial charge in [-0.25, -0.2) is 12.8 Å². The highest BCUT2D eigenvalue weighted by Gasteiger charge is 2.19. The lowest BCUT2D eigenvalue weighted by atomic mass is 10.2. The Morgan fingerprint density at radius 3 is 2.27 bits per heavy atom. The molecule has 0 radical (unpaired) electrons. The van der Waals surface area contributed by atoms with Crippen LogP contribution in [0, 0.1) is 5.82 Å². The molecule has 33 heavy (non-hydrogen) atoms. The molecule has 10 heteroatoms. The van der Waals surface area contributed by atoms with Gasteiger partial charge in [-0.15, -0.1) is 0 Å². The van der Waals surface area contributed by atoms with Crippen LogP contribution in [0.2, 0.25) is 0 Å². The molecule has 2 N–H and O–H groups in total. The summed E-state index contributed by atoms with van der Waals surface area (Å²) in [5.41, 5.74) is 1.36. The van der Waals surface area contributed by atoms with Gasteiger partial charge in [0.15, 0.2) is 0 Å². The first kappa shape index (κ1) is 24.8. The van der Waals surface area contributed by atoms with E-state index >= 15 is 0 Å². The highest BCUT2D eigenvalue weighted by molar-refractivity contribution is 7.93. The first-order valence-electron chi connectivity index (χ1n) is 11.0. The van der Waals surface area contributed by atoms with Gasteiger partial charge in [-0.05, 0) is 62.4 Å². The molecule has 1 amide bonds. The average molecular weight is 479 g/mol. The zero-order valence-corrected chi connectivity index (χ0v) is 19.8. The SMILES string of the molecule is CC(C)Oc1ccc(NS(=O)(=O)CC(=O)NCCN2CCN(c3ccc(F)cc3)CC2)cc1. The van der Waals surface area contributed by atoms with Crippen molar-refractivity contribution in [1.82, 2.24) is 10.2 Å². The van der Waals surface area contributed by atoms with Gasteiger partial charge in [0, 0.05) is 50.6 Å². The van der Waals surface area contributed by atoms with Crippen LogP contribution in [0.25, 0.3) is 0 Å². The zero-order chi connectivity index (χ0) is 23.8. The lowest BCUT2D eigenvalue weighted by Gasteiger charge is -2.36. The van der Waals surface area contributed by atoms with Crippen molar-refractivity contribution in [3.63, 3.8) is 0 Å². The van der Waals surface area contributed by atoms with Gasteiger partial charge in [0.25, 0.3) is 0 Å². The van der Waals surface area contributed by atoms with E-state index in [2.05, 4.69) is 19.8 Å². The monoisotopic (exact) mass is 478 g/mol. The molecule has 1 saturated heterocycles. The summed E-state index contributed by atoms with van der Waals surface area (Å²) in [5.74, 6) is -0.800. The zero-order valence-electron chi connectivity index (χ0n) is 19.0. The maximum absolute atomic E-state index is 13.1. The molecule has 0 unspecified atom stereocenters. The Morgan fingerprint density at radius 2 is 1.67 bits per heavy atom. The summed E-state index contributed by atoms with van der Waals surface area (Å²) >= 11 is 0. The number of anilines is 2. The fourth-order valence-electron chi connectivity index (χ4n) is 3.55. The smallest absolute Gasteiger partial charge is 0.241 e. The summed E-state index contributed by atoms with van der Waals surface area (Å²) < 4.78 is 45.6. The number of rotatable bonds is 10. The number of nitrogens with one attached hydrogen (secondary N) is 2. The third-order valence-electron chi connectivity index (χ3n) is 5.13. The second-order valence-electron chi connectivity index (χ2n) is 8.21. The predicted octanol–water partition coefficient (Wildman–Crippen LogP) is 2.29. The molecular formula is C23H31FN4O4S. The van der Waals surface area contributed by atoms with E-state index < -0.39 is 21.7 Å². The molecule has 0 spiro atoms. The topological polar surface area (TPSA) is 91.0 Å². The number of hydrogen-bond donors (Lipinski definition) is 2. The van der Waals surface area contributed by atoms with E-state index in [4.69, 9.17) is 4.74 Å². The molecule has 2 aromatic carbocycles. The Kier molecular flexibility index (Phi) is 8.51. The summed E-state index contributed by atoms with van der Waals surface area (Å²) in [6, 6.07) is 13.0.